The van der Waals surface area contributed by atoms with Crippen LogP contribution in [0.3, 0.4) is 0 Å². The Labute approximate surface area is 657 Å². The number of carboxylic acids is 4. The maximum Gasteiger partial charge on any atom is 0.329 e. The molecule has 1 aliphatic rings. The maximum absolute atomic E-state index is 14.8. The highest BCUT2D eigenvalue weighted by atomic mass is 16.5. The Kier molecular flexibility index (Phi) is 39.2. The number of carbonyl (C=O) groups is 20. The second kappa shape index (κ2) is 47.6. The van der Waals surface area contributed by atoms with Crippen molar-refractivity contribution in [2.75, 3.05) is 32.0 Å². The van der Waals surface area contributed by atoms with E-state index in [1.165, 1.54) is 24.3 Å². The van der Waals surface area contributed by atoms with Gasteiger partial charge in [-0.25, -0.2) is 4.79 Å². The molecule has 1 aliphatic heterocycles. The number of rotatable bonds is 35. The molecule has 13 atom stereocenters. The van der Waals surface area contributed by atoms with Gasteiger partial charge in [-0.1, -0.05) is 82.7 Å². The van der Waals surface area contributed by atoms with E-state index in [9.17, 15) is 121 Å². The molecule has 43 heteroatoms. The second-order valence-corrected chi connectivity index (χ2v) is 27.2. The molecule has 14 amide bonds. The van der Waals surface area contributed by atoms with Crippen LogP contribution in [-0.4, -0.2) is 248 Å². The van der Waals surface area contributed by atoms with E-state index in [1.54, 1.807) is 30.5 Å². The molecule has 1 fully saturated rings. The Balaban J connectivity index is 1.87. The summed E-state index contributed by atoms with van der Waals surface area (Å²) in [5.41, 5.74) is 18.1. The lowest BCUT2D eigenvalue weighted by atomic mass is 9.96. The number of fused-ring (bicyclic) bond motifs is 1. The molecule has 630 valence electrons. The van der Waals surface area contributed by atoms with Crippen LogP contribution in [0.4, 0.5) is 5.69 Å². The molecule has 0 radical (unpaired) electrons. The third-order valence-electron chi connectivity index (χ3n) is 17.9. The van der Waals surface area contributed by atoms with Crippen LogP contribution < -0.4 is 86.3 Å². The number of benzene rings is 2. The first kappa shape index (κ1) is 94.7. The van der Waals surface area contributed by atoms with E-state index in [-0.39, 0.29) is 37.1 Å². The summed E-state index contributed by atoms with van der Waals surface area (Å²) < 4.78 is 5.68. The number of carboxylic acid groups (broad SMARTS) is 4. The number of esters is 1. The van der Waals surface area contributed by atoms with Crippen LogP contribution in [0.25, 0.3) is 10.9 Å². The molecule has 0 bridgehead atoms. The lowest BCUT2D eigenvalue weighted by Crippen LogP contribution is -2.62. The largest absolute Gasteiger partial charge is 0.481 e. The number of H-pyrrole nitrogens is 1. The summed E-state index contributed by atoms with van der Waals surface area (Å²) in [4.78, 5) is 276. The van der Waals surface area contributed by atoms with Gasteiger partial charge in [-0.3, -0.25) is 91.1 Å². The molecular formula is C72H101N17O26. The summed E-state index contributed by atoms with van der Waals surface area (Å²) in [5, 5.41) is 78.7. The number of nitrogens with one attached hydrogen (secondary N) is 14. The van der Waals surface area contributed by atoms with Crippen molar-refractivity contribution in [3.8, 4) is 0 Å². The molecule has 1 saturated heterocycles. The molecule has 3 aromatic rings. The molecule has 0 aliphatic carbocycles. The number of anilines is 1. The number of aliphatic hydroxyl groups excluding tert-OH is 1. The second-order valence-electron chi connectivity index (χ2n) is 27.2. The van der Waals surface area contributed by atoms with Gasteiger partial charge < -0.3 is 122 Å². The Bertz CT molecular complexity index is 4040. The van der Waals surface area contributed by atoms with Crippen LogP contribution in [0.5, 0.6) is 0 Å². The number of Topliss-reactive ketones (excluding diaryl/α,β-unsaturated/α-hetero) is 1. The van der Waals surface area contributed by atoms with Crippen LogP contribution in [-0.2, 0) is 102 Å². The third-order valence-corrected chi connectivity index (χ3v) is 17.9. The van der Waals surface area contributed by atoms with Gasteiger partial charge in [0.2, 0.25) is 82.7 Å². The van der Waals surface area contributed by atoms with Gasteiger partial charge >= 0.3 is 29.8 Å². The van der Waals surface area contributed by atoms with E-state index >= 15 is 0 Å². The zero-order chi connectivity index (χ0) is 85.8. The monoisotopic (exact) mass is 1620 g/mol. The minimum absolute atomic E-state index is 0.0186. The van der Waals surface area contributed by atoms with E-state index in [2.05, 4.69) is 65.1 Å². The minimum Gasteiger partial charge on any atom is -0.481 e. The van der Waals surface area contributed by atoms with Crippen LogP contribution >= 0.6 is 0 Å². The van der Waals surface area contributed by atoms with Crippen molar-refractivity contribution in [2.24, 2.45) is 17.4 Å². The molecule has 0 spiro atoms. The number of unbranched alkanes of at least 4 members (excludes halogenated alkanes) is 6. The fourth-order valence-corrected chi connectivity index (χ4v) is 11.7. The number of cyclic esters (lactones) is 1. The van der Waals surface area contributed by atoms with Crippen LogP contribution in [0, 0.1) is 5.92 Å². The van der Waals surface area contributed by atoms with Gasteiger partial charge in [0.15, 0.2) is 5.78 Å². The minimum atomic E-state index is -2.45. The van der Waals surface area contributed by atoms with Gasteiger partial charge in [0, 0.05) is 47.6 Å². The van der Waals surface area contributed by atoms with Gasteiger partial charge in [-0.05, 0) is 69.3 Å². The molecule has 25 N–H and O–H groups in total. The van der Waals surface area contributed by atoms with Crippen molar-refractivity contribution < 1.29 is 126 Å². The van der Waals surface area contributed by atoms with Crippen LogP contribution in [0.15, 0.2) is 54.7 Å². The number of nitrogens with two attached hydrogens (primary N) is 3. The average Bonchev–Trinajstić information content (AvgIpc) is 1.72. The van der Waals surface area contributed by atoms with Gasteiger partial charge in [0.05, 0.1) is 51.8 Å². The van der Waals surface area contributed by atoms with E-state index in [0.29, 0.717) is 29.3 Å². The Morgan fingerprint density at radius 2 is 1.09 bits per heavy atom. The normalized spacial score (nSPS) is 21.2. The first-order valence-electron chi connectivity index (χ1n) is 36.8. The first-order chi connectivity index (χ1) is 54.4. The zero-order valence-electron chi connectivity index (χ0n) is 63.6. The lowest BCUT2D eigenvalue weighted by Gasteiger charge is -2.30. The number of ether oxygens (including phenoxy) is 1. The van der Waals surface area contributed by atoms with Crippen LogP contribution in [0.1, 0.15) is 146 Å². The quantitative estimate of drug-likeness (QED) is 0.0113. The summed E-state index contributed by atoms with van der Waals surface area (Å²) >= 11 is 0. The van der Waals surface area contributed by atoms with Crippen molar-refractivity contribution in [2.45, 2.75) is 209 Å². The fraction of sp³-hybridized carbons (Fsp3) is 0.528. The smallest absolute Gasteiger partial charge is 0.329 e. The molecule has 0 saturated carbocycles. The molecule has 1 aromatic heterocycles. The van der Waals surface area contributed by atoms with E-state index in [1.807, 2.05) is 16.0 Å². The number of primary amides is 1. The highest BCUT2D eigenvalue weighted by Gasteiger charge is 2.41. The molecule has 2 heterocycles. The average molecular weight is 1620 g/mol. The van der Waals surface area contributed by atoms with Crippen molar-refractivity contribution in [3.05, 3.63) is 65.9 Å². The van der Waals surface area contributed by atoms with Gasteiger partial charge in [0.1, 0.15) is 72.6 Å². The first-order valence-corrected chi connectivity index (χ1v) is 36.8. The summed E-state index contributed by atoms with van der Waals surface area (Å²) in [6.07, 6.45) is -2.33. The van der Waals surface area contributed by atoms with Crippen molar-refractivity contribution in [1.82, 2.24) is 74.1 Å². The van der Waals surface area contributed by atoms with E-state index in [4.69, 9.17) is 21.9 Å². The Hall–Kier alpha value is -12.7. The maximum atomic E-state index is 14.8. The van der Waals surface area contributed by atoms with E-state index < -0.39 is 261 Å². The number of carbonyl (C=O) groups excluding carboxylic acids is 16. The van der Waals surface area contributed by atoms with Crippen molar-refractivity contribution >= 4 is 135 Å². The number of ketones is 1. The highest BCUT2D eigenvalue weighted by molar-refractivity contribution is 6.05. The molecule has 115 heavy (non-hydrogen) atoms. The van der Waals surface area contributed by atoms with Crippen molar-refractivity contribution in [1.29, 1.82) is 0 Å². The summed E-state index contributed by atoms with van der Waals surface area (Å²) in [5.74, 6) is -29.7. The predicted molar refractivity (Wildman–Crippen MR) is 400 cm³/mol. The molecule has 1 unspecified atom stereocenters. The summed E-state index contributed by atoms with van der Waals surface area (Å²) in [6.45, 7) is 1.11. The van der Waals surface area contributed by atoms with Gasteiger partial charge in [-0.15, -0.1) is 0 Å². The number of para-hydroxylation sites is 2. The molecule has 43 nitrogen and oxygen atoms in total. The SMILES string of the molecule is CCCCCCCCCC(=O)N[C@@H](Cc1c[nH]c2ccccc12)C(=O)N[C@@H](CC(N)=O)C(=O)N[C@@H](CC(=O)O)C(=O)NC1C(=O)NCC(=O)N[C@H](CCCN)C(=O)N[C@@H](CC(=O)O)C(=O)N[C@H](C)C(=O)N[C@@H](CC(=O)O)C(=O)NCC(=O)N[C@@H](CO)C(=O)N[C@@H]([C@@H](C)CC(=O)O)C(=O)N[C@@H](CC(=O)c2ccccc2N)C(=O)O[C@H]1C. The van der Waals surface area contributed by atoms with Crippen molar-refractivity contribution in [3.63, 3.8) is 0 Å². The number of hydrogen-bond acceptors (Lipinski definition) is 24. The third kappa shape index (κ3) is 32.5. The molecule has 4 rings (SSSR count). The molecular weight excluding hydrogens is 1520 g/mol. The topological polar surface area (TPSA) is 702 Å². The standard InChI is InChI=1S/C72H101N17O26/c1-5-6-7-8-9-10-11-22-53(93)81-44(25-38-31-76-42-20-15-13-17-39(38)42)66(108)84-45(27-52(75)92)67(109)86-48(30-59(102)103)68(110)89-61-37(4)115-72(114)49(26-51(91)40-18-12-14-19-41(40)74)87-71(113)60(35(2)24-56(96)97)88-69(111)50(34-90)82-55(95)32-77-63(105)46(28-57(98)99)83-62(104)36(3)79-65(107)47(29-58(100)101)85-64(106)43(21-16-23-73)80-54(94)33-78-70(61)112/h12-15,17-20,31,35-37,43-50,60-61,76,90H,5-11,16,21-30,32-34,73-74H2,1-4H3,(H2,75,92)(H,77,105)(H,78,112)(H,79,107)(H,80,94)(H,81,93)(H,82,95)(H,83,104)(H,84,108)(H,85,106)(H,86,109)(H,87,113)(H,88,111)(H,89,110)(H,96,97)(H,98,99)(H,100,101)(H,102,103)/t35-,36+,37-,43+,44-,45-,46-,47-,48-,49-,50-,60-,61?/m0/s1. The van der Waals surface area contributed by atoms with E-state index in [0.717, 1.165) is 52.9 Å². The predicted octanol–water partition coefficient (Wildman–Crippen LogP) is -5.62. The fourth-order valence-electron chi connectivity index (χ4n) is 11.7. The summed E-state index contributed by atoms with van der Waals surface area (Å²) in [7, 11) is 0. The number of aromatic amines is 1. The number of amides is 14. The zero-order valence-corrected chi connectivity index (χ0v) is 63.6. The summed E-state index contributed by atoms with van der Waals surface area (Å²) in [6, 6.07) is -10.5. The number of nitrogen functional groups attached to an aromatic ring is 1. The Morgan fingerprint density at radius 1 is 0.548 bits per heavy atom. The van der Waals surface area contributed by atoms with Crippen LogP contribution in [0.2, 0.25) is 0 Å². The van der Waals surface area contributed by atoms with Gasteiger partial charge in [0.25, 0.3) is 0 Å². The lowest BCUT2D eigenvalue weighted by molar-refractivity contribution is -0.156. The number of hydrogen-bond donors (Lipinski definition) is 22. The number of aliphatic hydroxyl groups is 1. The highest BCUT2D eigenvalue weighted by Crippen LogP contribution is 2.22. The number of aliphatic carboxylic acids is 4. The number of aromatic nitrogens is 1. The Morgan fingerprint density at radius 3 is 1.69 bits per heavy atom. The molecule has 2 aromatic carbocycles. The van der Waals surface area contributed by atoms with Gasteiger partial charge in [-0.2, -0.15) is 0 Å².